The first-order chi connectivity index (χ1) is 13.6. The monoisotopic (exact) mass is 386 g/mol. The van der Waals surface area contributed by atoms with Crippen molar-refractivity contribution in [1.29, 1.82) is 0 Å². The molecule has 28 heavy (non-hydrogen) atoms. The minimum Gasteiger partial charge on any atom is -0.368 e. The van der Waals surface area contributed by atoms with E-state index in [9.17, 15) is 9.59 Å². The van der Waals surface area contributed by atoms with Gasteiger partial charge in [0.05, 0.1) is 0 Å². The molecule has 7 nitrogen and oxygen atoms in total. The van der Waals surface area contributed by atoms with Crippen molar-refractivity contribution in [2.75, 3.05) is 50.8 Å². The second-order valence-electron chi connectivity index (χ2n) is 8.06. The number of nitrogens with zero attached hydrogens (tertiary/aromatic N) is 4. The van der Waals surface area contributed by atoms with E-state index in [4.69, 9.17) is 4.74 Å². The van der Waals surface area contributed by atoms with Crippen molar-refractivity contribution in [2.24, 2.45) is 5.92 Å². The van der Waals surface area contributed by atoms with E-state index in [0.29, 0.717) is 19.7 Å². The molecule has 0 aromatic carbocycles. The number of carbonyl (C=O) groups is 2. The maximum atomic E-state index is 13.0. The summed E-state index contributed by atoms with van der Waals surface area (Å²) in [5.74, 6) is 1.43. The van der Waals surface area contributed by atoms with E-state index >= 15 is 0 Å². The number of piperidine rings is 1. The van der Waals surface area contributed by atoms with Crippen LogP contribution >= 0.6 is 0 Å². The lowest BCUT2D eigenvalue weighted by Gasteiger charge is -2.39. The van der Waals surface area contributed by atoms with E-state index in [2.05, 4.69) is 22.9 Å². The normalized spacial score (nSPS) is 23.9. The first kappa shape index (κ1) is 19.2. The molecule has 2 amide bonds. The summed E-state index contributed by atoms with van der Waals surface area (Å²) in [5.41, 5.74) is 1.17. The predicted molar refractivity (Wildman–Crippen MR) is 106 cm³/mol. The fourth-order valence-corrected chi connectivity index (χ4v) is 4.53. The minimum absolute atomic E-state index is 0.0386. The molecule has 0 N–H and O–H groups in total. The second kappa shape index (κ2) is 8.47. The Hall–Kier alpha value is -2.15. The van der Waals surface area contributed by atoms with Crippen LogP contribution < -0.4 is 4.90 Å². The molecule has 0 aliphatic carbocycles. The minimum atomic E-state index is -0.254. The van der Waals surface area contributed by atoms with Crippen LogP contribution in [0.1, 0.15) is 31.2 Å². The third-order valence-corrected chi connectivity index (χ3v) is 6.23. The van der Waals surface area contributed by atoms with Gasteiger partial charge in [0, 0.05) is 58.0 Å². The molecule has 0 bridgehead atoms. The van der Waals surface area contributed by atoms with Crippen molar-refractivity contribution in [3.63, 3.8) is 0 Å². The zero-order valence-corrected chi connectivity index (χ0v) is 16.7. The van der Waals surface area contributed by atoms with Crippen LogP contribution in [0.5, 0.6) is 0 Å². The van der Waals surface area contributed by atoms with Gasteiger partial charge in [0.25, 0.3) is 5.91 Å². The Balaban J connectivity index is 1.26. The van der Waals surface area contributed by atoms with Crippen molar-refractivity contribution >= 4 is 17.6 Å². The van der Waals surface area contributed by atoms with Gasteiger partial charge in [0.1, 0.15) is 11.9 Å². The highest BCUT2D eigenvalue weighted by Gasteiger charge is 2.34. The molecule has 1 aromatic rings. The molecule has 4 rings (SSSR count). The standard InChI is InChI=1S/C21H30N4O3/c1-16-4-2-8-22-19(16)23-11-13-25(14-12-23)20(26)17-6-9-24(10-7-17)21(27)18-5-3-15-28-18/h2,4,8,17-18H,3,5-7,9-15H2,1H3. The summed E-state index contributed by atoms with van der Waals surface area (Å²) in [6.07, 6.45) is 4.89. The Kier molecular flexibility index (Phi) is 5.80. The maximum absolute atomic E-state index is 13.0. The van der Waals surface area contributed by atoms with Crippen molar-refractivity contribution in [3.05, 3.63) is 23.9 Å². The SMILES string of the molecule is Cc1cccnc1N1CCN(C(=O)C2CCN(C(=O)C3CCCO3)CC2)CC1. The summed E-state index contributed by atoms with van der Waals surface area (Å²) < 4.78 is 5.52. The molecule has 1 unspecified atom stereocenters. The number of anilines is 1. The molecule has 1 atom stereocenters. The Labute approximate surface area is 166 Å². The molecule has 1 aromatic heterocycles. The van der Waals surface area contributed by atoms with Crippen molar-refractivity contribution in [2.45, 2.75) is 38.7 Å². The van der Waals surface area contributed by atoms with Crippen LogP contribution in [-0.2, 0) is 14.3 Å². The Morgan fingerprint density at radius 3 is 2.36 bits per heavy atom. The Morgan fingerprint density at radius 1 is 1.00 bits per heavy atom. The lowest BCUT2D eigenvalue weighted by atomic mass is 9.94. The van der Waals surface area contributed by atoms with E-state index in [1.807, 2.05) is 22.1 Å². The van der Waals surface area contributed by atoms with Gasteiger partial charge in [-0.3, -0.25) is 9.59 Å². The van der Waals surface area contributed by atoms with Crippen LogP contribution in [0.3, 0.4) is 0 Å². The number of hydrogen-bond donors (Lipinski definition) is 0. The van der Waals surface area contributed by atoms with Gasteiger partial charge in [-0.25, -0.2) is 4.98 Å². The van der Waals surface area contributed by atoms with Gasteiger partial charge in [-0.1, -0.05) is 6.07 Å². The predicted octanol–water partition coefficient (Wildman–Crippen LogP) is 1.46. The van der Waals surface area contributed by atoms with Gasteiger partial charge in [-0.2, -0.15) is 0 Å². The van der Waals surface area contributed by atoms with E-state index in [0.717, 1.165) is 57.7 Å². The highest BCUT2D eigenvalue weighted by molar-refractivity contribution is 5.82. The molecule has 3 fully saturated rings. The zero-order valence-electron chi connectivity index (χ0n) is 16.7. The quantitative estimate of drug-likeness (QED) is 0.787. The van der Waals surface area contributed by atoms with E-state index in [-0.39, 0.29) is 23.8 Å². The van der Waals surface area contributed by atoms with Crippen LogP contribution in [0.25, 0.3) is 0 Å². The molecule has 0 saturated carbocycles. The summed E-state index contributed by atoms with van der Waals surface area (Å²) in [6, 6.07) is 4.03. The van der Waals surface area contributed by atoms with E-state index in [1.165, 1.54) is 5.56 Å². The number of ether oxygens (including phenoxy) is 1. The lowest BCUT2D eigenvalue weighted by molar-refractivity contribution is -0.146. The number of rotatable bonds is 3. The summed E-state index contributed by atoms with van der Waals surface area (Å²) in [6.45, 7) is 7.22. The van der Waals surface area contributed by atoms with Crippen LogP contribution in [0, 0.1) is 12.8 Å². The summed E-state index contributed by atoms with van der Waals surface area (Å²) in [7, 11) is 0. The van der Waals surface area contributed by atoms with Crippen LogP contribution in [0.4, 0.5) is 5.82 Å². The molecule has 4 heterocycles. The fourth-order valence-electron chi connectivity index (χ4n) is 4.53. The van der Waals surface area contributed by atoms with Gasteiger partial charge >= 0.3 is 0 Å². The molecule has 0 radical (unpaired) electrons. The number of amides is 2. The molecule has 3 aliphatic heterocycles. The topological polar surface area (TPSA) is 66.0 Å². The number of likely N-dealkylation sites (tertiary alicyclic amines) is 1. The van der Waals surface area contributed by atoms with Gasteiger partial charge in [0.2, 0.25) is 5.91 Å². The zero-order chi connectivity index (χ0) is 19.5. The second-order valence-corrected chi connectivity index (χ2v) is 8.06. The Morgan fingerprint density at radius 2 is 1.71 bits per heavy atom. The first-order valence-corrected chi connectivity index (χ1v) is 10.5. The maximum Gasteiger partial charge on any atom is 0.251 e. The fraction of sp³-hybridized carbons (Fsp3) is 0.667. The highest BCUT2D eigenvalue weighted by Crippen LogP contribution is 2.24. The average Bonchev–Trinajstić information content (AvgIpc) is 3.28. The van der Waals surface area contributed by atoms with Crippen LogP contribution in [-0.4, -0.2) is 78.6 Å². The van der Waals surface area contributed by atoms with Crippen LogP contribution in [0.2, 0.25) is 0 Å². The van der Waals surface area contributed by atoms with E-state index in [1.54, 1.807) is 0 Å². The summed E-state index contributed by atoms with van der Waals surface area (Å²) in [5, 5.41) is 0. The molecule has 3 saturated heterocycles. The molecule has 7 heteroatoms. The van der Waals surface area contributed by atoms with Gasteiger partial charge in [-0.05, 0) is 44.2 Å². The number of aryl methyl sites for hydroxylation is 1. The highest BCUT2D eigenvalue weighted by atomic mass is 16.5. The summed E-state index contributed by atoms with van der Waals surface area (Å²) >= 11 is 0. The molecule has 0 spiro atoms. The lowest BCUT2D eigenvalue weighted by Crippen LogP contribution is -2.52. The average molecular weight is 386 g/mol. The molecule has 152 valence electrons. The number of carbonyl (C=O) groups excluding carboxylic acids is 2. The number of aromatic nitrogens is 1. The smallest absolute Gasteiger partial charge is 0.251 e. The third kappa shape index (κ3) is 3.99. The Bertz CT molecular complexity index is 703. The largest absolute Gasteiger partial charge is 0.368 e. The number of pyridine rings is 1. The van der Waals surface area contributed by atoms with Crippen molar-refractivity contribution in [1.82, 2.24) is 14.8 Å². The van der Waals surface area contributed by atoms with Gasteiger partial charge in [-0.15, -0.1) is 0 Å². The van der Waals surface area contributed by atoms with Crippen LogP contribution in [0.15, 0.2) is 18.3 Å². The summed E-state index contributed by atoms with van der Waals surface area (Å²) in [4.78, 5) is 36.1. The molecular formula is C21H30N4O3. The number of piperazine rings is 1. The van der Waals surface area contributed by atoms with Gasteiger partial charge < -0.3 is 19.4 Å². The molecular weight excluding hydrogens is 356 g/mol. The molecule has 3 aliphatic rings. The number of hydrogen-bond acceptors (Lipinski definition) is 5. The van der Waals surface area contributed by atoms with Gasteiger partial charge in [0.15, 0.2) is 0 Å². The van der Waals surface area contributed by atoms with E-state index < -0.39 is 0 Å². The third-order valence-electron chi connectivity index (χ3n) is 6.23. The first-order valence-electron chi connectivity index (χ1n) is 10.5. The van der Waals surface area contributed by atoms with Crippen molar-refractivity contribution in [3.8, 4) is 0 Å². The van der Waals surface area contributed by atoms with Crippen molar-refractivity contribution < 1.29 is 14.3 Å².